The highest BCUT2D eigenvalue weighted by atomic mass is 32.1. The number of nitrogens with zero attached hydrogens (tertiary/aromatic N) is 2. The maximum atomic E-state index is 11.4. The number of amides is 1. The smallest absolute Gasteiger partial charge is 0.289 e. The molecule has 5 heteroatoms. The lowest BCUT2D eigenvalue weighted by atomic mass is 10.2. The van der Waals surface area contributed by atoms with Gasteiger partial charge < -0.3 is 0 Å². The number of hydrogen-bond donors (Lipinski definition) is 1. The largest absolute Gasteiger partial charge is 0.302 e. The molecule has 0 spiro atoms. The fourth-order valence-electron chi connectivity index (χ4n) is 1.13. The summed E-state index contributed by atoms with van der Waals surface area (Å²) < 4.78 is 0. The molecule has 0 aliphatic carbocycles. The summed E-state index contributed by atoms with van der Waals surface area (Å²) in [4.78, 5) is 11.4. The molecule has 0 fully saturated rings. The van der Waals surface area contributed by atoms with Crippen LogP contribution in [-0.2, 0) is 4.79 Å². The first kappa shape index (κ1) is 11.3. The molecule has 1 aromatic carbocycles. The van der Waals surface area contributed by atoms with Gasteiger partial charge in [0, 0.05) is 11.5 Å². The fraction of sp³-hybridized carbons (Fsp3) is 0.0833. The van der Waals surface area contributed by atoms with Crippen molar-refractivity contribution in [3.8, 4) is 11.8 Å². The van der Waals surface area contributed by atoms with E-state index in [4.69, 9.17) is 0 Å². The number of anilines is 1. The summed E-state index contributed by atoms with van der Waals surface area (Å²) in [6.07, 6.45) is 0. The predicted molar refractivity (Wildman–Crippen MR) is 66.6 cm³/mol. The maximum absolute atomic E-state index is 11.4. The van der Waals surface area contributed by atoms with Gasteiger partial charge in [-0.1, -0.05) is 35.5 Å². The second-order valence-corrected chi connectivity index (χ2v) is 4.38. The Morgan fingerprint density at radius 2 is 2.06 bits per heavy atom. The number of rotatable bonds is 1. The van der Waals surface area contributed by atoms with Crippen LogP contribution in [0.15, 0.2) is 30.3 Å². The monoisotopic (exact) mass is 243 g/mol. The Morgan fingerprint density at radius 3 is 2.71 bits per heavy atom. The van der Waals surface area contributed by atoms with Gasteiger partial charge in [-0.25, -0.2) is 0 Å². The van der Waals surface area contributed by atoms with E-state index in [-0.39, 0.29) is 5.91 Å². The van der Waals surface area contributed by atoms with Crippen molar-refractivity contribution in [1.82, 2.24) is 10.2 Å². The molecule has 0 aliphatic heterocycles. The molecule has 0 unspecified atom stereocenters. The van der Waals surface area contributed by atoms with Crippen LogP contribution < -0.4 is 5.32 Å². The number of hydrogen-bond acceptors (Lipinski definition) is 4. The van der Waals surface area contributed by atoms with Crippen molar-refractivity contribution >= 4 is 22.4 Å². The van der Waals surface area contributed by atoms with Gasteiger partial charge in [0.25, 0.3) is 0 Å². The fourth-order valence-corrected chi connectivity index (χ4v) is 1.71. The number of carbonyl (C=O) groups excluding carboxylic acids is 1. The molecule has 1 aromatic heterocycles. The van der Waals surface area contributed by atoms with Crippen molar-refractivity contribution < 1.29 is 4.79 Å². The minimum Gasteiger partial charge on any atom is -0.289 e. The van der Waals surface area contributed by atoms with E-state index in [1.54, 1.807) is 0 Å². The molecule has 4 nitrogen and oxygen atoms in total. The molecule has 0 radical (unpaired) electrons. The molecule has 0 bridgehead atoms. The maximum Gasteiger partial charge on any atom is 0.302 e. The van der Waals surface area contributed by atoms with Crippen molar-refractivity contribution in [2.45, 2.75) is 6.92 Å². The molecule has 2 rings (SSSR count). The number of nitrogens with one attached hydrogen (secondary N) is 1. The van der Waals surface area contributed by atoms with Gasteiger partial charge in [0.2, 0.25) is 5.13 Å². The highest BCUT2D eigenvalue weighted by molar-refractivity contribution is 7.15. The quantitative estimate of drug-likeness (QED) is 0.777. The first-order chi connectivity index (χ1) is 8.24. The van der Waals surface area contributed by atoms with Gasteiger partial charge in [-0.2, -0.15) is 0 Å². The Hall–Kier alpha value is -2.19. The van der Waals surface area contributed by atoms with Gasteiger partial charge >= 0.3 is 5.91 Å². The Kier molecular flexibility index (Phi) is 3.48. The highest BCUT2D eigenvalue weighted by Crippen LogP contribution is 2.12. The van der Waals surface area contributed by atoms with E-state index in [0.29, 0.717) is 5.13 Å². The molecule has 17 heavy (non-hydrogen) atoms. The number of aryl methyl sites for hydroxylation is 1. The number of aromatic nitrogens is 2. The minimum absolute atomic E-state index is 0.384. The van der Waals surface area contributed by atoms with Crippen molar-refractivity contribution in [3.05, 3.63) is 40.9 Å². The lowest BCUT2D eigenvalue weighted by Gasteiger charge is -1.91. The standard InChI is InChI=1S/C12H9N3OS/c1-9-14-15-12(17-9)13-11(16)8-7-10-5-3-2-4-6-10/h2-6H,1H3,(H,13,15,16). The van der Waals surface area contributed by atoms with E-state index in [2.05, 4.69) is 27.4 Å². The minimum atomic E-state index is -0.384. The molecule has 0 saturated heterocycles. The summed E-state index contributed by atoms with van der Waals surface area (Å²) in [6.45, 7) is 1.82. The zero-order chi connectivity index (χ0) is 12.1. The molecule has 1 heterocycles. The lowest BCUT2D eigenvalue weighted by molar-refractivity contribution is -0.111. The third-order valence-electron chi connectivity index (χ3n) is 1.84. The zero-order valence-corrected chi connectivity index (χ0v) is 9.91. The van der Waals surface area contributed by atoms with Crippen molar-refractivity contribution in [3.63, 3.8) is 0 Å². The summed E-state index contributed by atoms with van der Waals surface area (Å²) in [5.74, 6) is 4.88. The van der Waals surface area contributed by atoms with Crippen molar-refractivity contribution in [2.75, 3.05) is 5.32 Å². The lowest BCUT2D eigenvalue weighted by Crippen LogP contribution is -2.08. The second-order valence-electron chi connectivity index (χ2n) is 3.20. The van der Waals surface area contributed by atoms with Gasteiger partial charge in [0.15, 0.2) is 0 Å². The summed E-state index contributed by atoms with van der Waals surface area (Å²) in [5, 5.41) is 11.4. The van der Waals surface area contributed by atoms with Crippen LogP contribution in [0.25, 0.3) is 0 Å². The average Bonchev–Trinajstić information content (AvgIpc) is 2.73. The molecular weight excluding hydrogens is 234 g/mol. The van der Waals surface area contributed by atoms with Gasteiger partial charge in [0.1, 0.15) is 5.01 Å². The Balaban J connectivity index is 2.01. The first-order valence-corrected chi connectivity index (χ1v) is 5.74. The van der Waals surface area contributed by atoms with Crippen LogP contribution in [0.4, 0.5) is 5.13 Å². The third kappa shape index (κ3) is 3.40. The van der Waals surface area contributed by atoms with Crippen molar-refractivity contribution in [1.29, 1.82) is 0 Å². The first-order valence-electron chi connectivity index (χ1n) is 4.92. The molecule has 0 atom stereocenters. The van der Waals surface area contributed by atoms with Crippen molar-refractivity contribution in [2.24, 2.45) is 0 Å². The molecule has 0 saturated carbocycles. The van der Waals surface area contributed by atoms with Gasteiger partial charge in [-0.15, -0.1) is 10.2 Å². The molecule has 0 aliphatic rings. The predicted octanol–water partition coefficient (Wildman–Crippen LogP) is 1.84. The summed E-state index contributed by atoms with van der Waals surface area (Å²) in [7, 11) is 0. The van der Waals surface area contributed by atoms with Gasteiger partial charge in [0.05, 0.1) is 0 Å². The van der Waals surface area contributed by atoms with E-state index in [1.807, 2.05) is 37.3 Å². The van der Waals surface area contributed by atoms with Crippen LogP contribution in [0, 0.1) is 18.8 Å². The average molecular weight is 243 g/mol. The van der Waals surface area contributed by atoms with Crippen LogP contribution in [0.2, 0.25) is 0 Å². The Morgan fingerprint density at radius 1 is 1.29 bits per heavy atom. The van der Waals surface area contributed by atoms with Crippen LogP contribution in [0.3, 0.4) is 0 Å². The number of benzene rings is 1. The molecular formula is C12H9N3OS. The normalized spacial score (nSPS) is 9.24. The topological polar surface area (TPSA) is 54.9 Å². The highest BCUT2D eigenvalue weighted by Gasteiger charge is 2.02. The van der Waals surface area contributed by atoms with E-state index < -0.39 is 0 Å². The second kappa shape index (κ2) is 5.23. The van der Waals surface area contributed by atoms with Gasteiger partial charge in [-0.3, -0.25) is 10.1 Å². The van der Waals surface area contributed by atoms with Crippen LogP contribution in [0.5, 0.6) is 0 Å². The molecule has 2 aromatic rings. The van der Waals surface area contributed by atoms with E-state index in [9.17, 15) is 4.79 Å². The molecule has 1 N–H and O–H groups in total. The number of carbonyl (C=O) groups is 1. The van der Waals surface area contributed by atoms with E-state index in [0.717, 1.165) is 10.6 Å². The van der Waals surface area contributed by atoms with E-state index >= 15 is 0 Å². The zero-order valence-electron chi connectivity index (χ0n) is 9.10. The van der Waals surface area contributed by atoms with Crippen LogP contribution in [0.1, 0.15) is 10.6 Å². The molecule has 1 amide bonds. The summed E-state index contributed by atoms with van der Waals surface area (Å²) in [6, 6.07) is 9.33. The Labute approximate surface area is 103 Å². The molecule has 84 valence electrons. The summed E-state index contributed by atoms with van der Waals surface area (Å²) >= 11 is 1.32. The summed E-state index contributed by atoms with van der Waals surface area (Å²) in [5.41, 5.74) is 0.802. The third-order valence-corrected chi connectivity index (χ3v) is 2.59. The SMILES string of the molecule is Cc1nnc(NC(=O)C#Cc2ccccc2)s1. The Bertz CT molecular complexity index is 581. The van der Waals surface area contributed by atoms with Crippen LogP contribution in [-0.4, -0.2) is 16.1 Å². The van der Waals surface area contributed by atoms with Gasteiger partial charge in [-0.05, 0) is 19.1 Å². The van der Waals surface area contributed by atoms with Crippen LogP contribution >= 0.6 is 11.3 Å². The van der Waals surface area contributed by atoms with E-state index in [1.165, 1.54) is 11.3 Å².